The Kier molecular flexibility index (Phi) is 3.94. The van der Waals surface area contributed by atoms with Crippen molar-refractivity contribution in [1.82, 2.24) is 4.98 Å². The number of nitrogens with two attached hydrogens (primary N) is 1. The number of anilines is 2. The first kappa shape index (κ1) is 13.3. The maximum absolute atomic E-state index is 13.0. The van der Waals surface area contributed by atoms with Crippen LogP contribution in [0.2, 0.25) is 0 Å². The van der Waals surface area contributed by atoms with Crippen LogP contribution in [0.4, 0.5) is 20.3 Å². The molecule has 2 rings (SSSR count). The number of aryl methyl sites for hydroxylation is 1. The Hall–Kier alpha value is -2.17. The van der Waals surface area contributed by atoms with Gasteiger partial charge in [0.25, 0.3) is 0 Å². The highest BCUT2D eigenvalue weighted by Crippen LogP contribution is 2.16. The van der Waals surface area contributed by atoms with Crippen molar-refractivity contribution in [2.24, 2.45) is 0 Å². The van der Waals surface area contributed by atoms with Gasteiger partial charge in [-0.05, 0) is 42.7 Å². The van der Waals surface area contributed by atoms with E-state index in [4.69, 9.17) is 5.73 Å². The third-order valence-electron chi connectivity index (χ3n) is 2.68. The molecule has 0 fully saturated rings. The van der Waals surface area contributed by atoms with Gasteiger partial charge in [-0.3, -0.25) is 0 Å². The predicted octanol–water partition coefficient (Wildman–Crippen LogP) is 2.91. The SMILES string of the molecule is Cc1cnc(NCCc2cc(F)cc(F)c2)c(N)c1. The third kappa shape index (κ3) is 3.64. The number of nitrogens with one attached hydrogen (secondary N) is 1. The van der Waals surface area contributed by atoms with Gasteiger partial charge in [0.1, 0.15) is 17.5 Å². The first-order valence-corrected chi connectivity index (χ1v) is 5.95. The zero-order chi connectivity index (χ0) is 13.8. The first-order valence-electron chi connectivity index (χ1n) is 5.95. The Bertz CT molecular complexity index is 565. The van der Waals surface area contributed by atoms with Crippen molar-refractivity contribution < 1.29 is 8.78 Å². The molecule has 3 N–H and O–H groups in total. The molecule has 0 unspecified atom stereocenters. The zero-order valence-electron chi connectivity index (χ0n) is 10.6. The number of hydrogen-bond donors (Lipinski definition) is 2. The van der Waals surface area contributed by atoms with E-state index in [0.29, 0.717) is 30.0 Å². The third-order valence-corrected chi connectivity index (χ3v) is 2.68. The maximum atomic E-state index is 13.0. The second-order valence-corrected chi connectivity index (χ2v) is 4.40. The van der Waals surface area contributed by atoms with Crippen molar-refractivity contribution >= 4 is 11.5 Å². The summed E-state index contributed by atoms with van der Waals surface area (Å²) in [6.07, 6.45) is 2.20. The molecule has 0 spiro atoms. The molecule has 5 heteroatoms. The Morgan fingerprint density at radius 3 is 2.47 bits per heavy atom. The van der Waals surface area contributed by atoms with Crippen molar-refractivity contribution in [2.45, 2.75) is 13.3 Å². The number of rotatable bonds is 4. The highest BCUT2D eigenvalue weighted by atomic mass is 19.1. The van der Waals surface area contributed by atoms with Crippen molar-refractivity contribution in [3.8, 4) is 0 Å². The van der Waals surface area contributed by atoms with Crippen LogP contribution in [0, 0.1) is 18.6 Å². The van der Waals surface area contributed by atoms with Crippen LogP contribution in [-0.4, -0.2) is 11.5 Å². The smallest absolute Gasteiger partial charge is 0.149 e. The number of nitrogen functional groups attached to an aromatic ring is 1. The van der Waals surface area contributed by atoms with Crippen LogP contribution in [0.3, 0.4) is 0 Å². The summed E-state index contributed by atoms with van der Waals surface area (Å²) in [5, 5.41) is 3.05. The monoisotopic (exact) mass is 263 g/mol. The molecule has 0 aliphatic carbocycles. The van der Waals surface area contributed by atoms with Crippen LogP contribution in [0.15, 0.2) is 30.5 Å². The molecule has 1 heterocycles. The minimum Gasteiger partial charge on any atom is -0.396 e. The van der Waals surface area contributed by atoms with Crippen LogP contribution in [-0.2, 0) is 6.42 Å². The maximum Gasteiger partial charge on any atom is 0.149 e. The van der Waals surface area contributed by atoms with Crippen molar-refractivity contribution in [1.29, 1.82) is 0 Å². The van der Waals surface area contributed by atoms with E-state index in [1.54, 1.807) is 6.20 Å². The van der Waals surface area contributed by atoms with Gasteiger partial charge in [0, 0.05) is 18.8 Å². The summed E-state index contributed by atoms with van der Waals surface area (Å²) >= 11 is 0. The van der Waals surface area contributed by atoms with Gasteiger partial charge in [-0.25, -0.2) is 13.8 Å². The Labute approximate surface area is 110 Å². The second-order valence-electron chi connectivity index (χ2n) is 4.40. The first-order chi connectivity index (χ1) is 9.04. The summed E-state index contributed by atoms with van der Waals surface area (Å²) in [4.78, 5) is 4.16. The second kappa shape index (κ2) is 5.65. The number of hydrogen-bond acceptors (Lipinski definition) is 3. The number of pyridine rings is 1. The normalized spacial score (nSPS) is 10.5. The largest absolute Gasteiger partial charge is 0.396 e. The van der Waals surface area contributed by atoms with E-state index in [2.05, 4.69) is 10.3 Å². The Balaban J connectivity index is 1.96. The van der Waals surface area contributed by atoms with Gasteiger partial charge in [0.05, 0.1) is 5.69 Å². The molecule has 0 radical (unpaired) electrons. The molecule has 19 heavy (non-hydrogen) atoms. The summed E-state index contributed by atoms with van der Waals surface area (Å²) in [6, 6.07) is 5.31. The lowest BCUT2D eigenvalue weighted by atomic mass is 10.1. The van der Waals surface area contributed by atoms with Crippen molar-refractivity contribution in [3.05, 3.63) is 53.2 Å². The minimum atomic E-state index is -0.567. The average Bonchev–Trinajstić information content (AvgIpc) is 2.30. The molecule has 0 aliphatic rings. The summed E-state index contributed by atoms with van der Waals surface area (Å²) in [7, 11) is 0. The van der Waals surface area contributed by atoms with Gasteiger partial charge < -0.3 is 11.1 Å². The minimum absolute atomic E-state index is 0.490. The average molecular weight is 263 g/mol. The molecular weight excluding hydrogens is 248 g/mol. The Morgan fingerprint density at radius 1 is 1.16 bits per heavy atom. The highest BCUT2D eigenvalue weighted by Gasteiger charge is 2.03. The fourth-order valence-electron chi connectivity index (χ4n) is 1.82. The molecule has 0 saturated carbocycles. The van der Waals surface area contributed by atoms with Gasteiger partial charge in [-0.15, -0.1) is 0 Å². The molecule has 3 nitrogen and oxygen atoms in total. The summed E-state index contributed by atoms with van der Waals surface area (Å²) in [5.74, 6) is -0.548. The van der Waals surface area contributed by atoms with E-state index < -0.39 is 11.6 Å². The lowest BCUT2D eigenvalue weighted by Crippen LogP contribution is -2.09. The summed E-state index contributed by atoms with van der Waals surface area (Å²) < 4.78 is 26.0. The van der Waals surface area contributed by atoms with Gasteiger partial charge in [0.2, 0.25) is 0 Å². The molecule has 0 saturated heterocycles. The fourth-order valence-corrected chi connectivity index (χ4v) is 1.82. The molecule has 0 bridgehead atoms. The highest BCUT2D eigenvalue weighted by molar-refractivity contribution is 5.61. The number of benzene rings is 1. The zero-order valence-corrected chi connectivity index (χ0v) is 10.6. The van der Waals surface area contributed by atoms with Crippen LogP contribution in [0.1, 0.15) is 11.1 Å². The Morgan fingerprint density at radius 2 is 1.84 bits per heavy atom. The van der Waals surface area contributed by atoms with Gasteiger partial charge in [-0.1, -0.05) is 0 Å². The molecule has 0 aliphatic heterocycles. The van der Waals surface area contributed by atoms with Crippen LogP contribution in [0.5, 0.6) is 0 Å². The number of nitrogens with zero attached hydrogens (tertiary/aromatic N) is 1. The van der Waals surface area contributed by atoms with Gasteiger partial charge in [0.15, 0.2) is 0 Å². The van der Waals surface area contributed by atoms with E-state index in [9.17, 15) is 8.78 Å². The lowest BCUT2D eigenvalue weighted by molar-refractivity contribution is 0.580. The van der Waals surface area contributed by atoms with Crippen LogP contribution < -0.4 is 11.1 Å². The van der Waals surface area contributed by atoms with Gasteiger partial charge in [-0.2, -0.15) is 0 Å². The summed E-state index contributed by atoms with van der Waals surface area (Å²) in [5.41, 5.74) is 7.94. The predicted molar refractivity (Wildman–Crippen MR) is 71.9 cm³/mol. The molecule has 0 atom stereocenters. The molecule has 2 aromatic rings. The lowest BCUT2D eigenvalue weighted by Gasteiger charge is -2.09. The molecular formula is C14H15F2N3. The number of aromatic nitrogens is 1. The molecule has 1 aromatic heterocycles. The van der Waals surface area contributed by atoms with Crippen LogP contribution in [0.25, 0.3) is 0 Å². The van der Waals surface area contributed by atoms with E-state index in [-0.39, 0.29) is 0 Å². The van der Waals surface area contributed by atoms with Gasteiger partial charge >= 0.3 is 0 Å². The quantitative estimate of drug-likeness (QED) is 0.891. The van der Waals surface area contributed by atoms with Crippen molar-refractivity contribution in [2.75, 3.05) is 17.6 Å². The van der Waals surface area contributed by atoms with E-state index in [1.807, 2.05) is 13.0 Å². The number of halogens is 2. The molecule has 0 amide bonds. The standard InChI is InChI=1S/C14H15F2N3/c1-9-4-13(17)14(19-8-9)18-3-2-10-5-11(15)7-12(16)6-10/h4-8H,2-3,17H2,1H3,(H,18,19). The van der Waals surface area contributed by atoms with E-state index in [0.717, 1.165) is 11.6 Å². The molecule has 1 aromatic carbocycles. The topological polar surface area (TPSA) is 50.9 Å². The summed E-state index contributed by atoms with van der Waals surface area (Å²) in [6.45, 7) is 2.41. The molecule has 100 valence electrons. The van der Waals surface area contributed by atoms with Crippen LogP contribution >= 0.6 is 0 Å². The van der Waals surface area contributed by atoms with E-state index in [1.165, 1.54) is 12.1 Å². The van der Waals surface area contributed by atoms with E-state index >= 15 is 0 Å². The fraction of sp³-hybridized carbons (Fsp3) is 0.214. The van der Waals surface area contributed by atoms with Crippen molar-refractivity contribution in [3.63, 3.8) is 0 Å².